The van der Waals surface area contributed by atoms with Crippen molar-refractivity contribution < 1.29 is 27.8 Å². The number of nitrogens with one attached hydrogen (secondary N) is 1. The molecule has 2 aromatic carbocycles. The Kier molecular flexibility index (Phi) is 8.04. The number of halogens is 3. The van der Waals surface area contributed by atoms with Crippen molar-refractivity contribution in [1.29, 1.82) is 0 Å². The first-order chi connectivity index (χ1) is 17.8. The summed E-state index contributed by atoms with van der Waals surface area (Å²) >= 11 is 0. The molecule has 1 amide bonds. The molecule has 0 spiro atoms. The Balaban J connectivity index is 0.000000209. The van der Waals surface area contributed by atoms with Crippen molar-refractivity contribution in [3.05, 3.63) is 77.9 Å². The third-order valence-electron chi connectivity index (χ3n) is 5.95. The number of fused-ring (bicyclic) bond motifs is 2. The highest BCUT2D eigenvalue weighted by atomic mass is 19.4. The van der Waals surface area contributed by atoms with Crippen molar-refractivity contribution in [2.24, 2.45) is 7.05 Å². The first kappa shape index (κ1) is 26.1. The number of aliphatic hydroxyl groups is 1. The lowest BCUT2D eigenvalue weighted by Gasteiger charge is -2.27. The second kappa shape index (κ2) is 11.4. The van der Waals surface area contributed by atoms with Crippen LogP contribution >= 0.6 is 0 Å². The number of alkyl halides is 3. The van der Waals surface area contributed by atoms with Gasteiger partial charge in [0.1, 0.15) is 12.1 Å². The molecule has 1 aliphatic heterocycles. The maximum Gasteiger partial charge on any atom is 0.416 e. The highest BCUT2D eigenvalue weighted by Gasteiger charge is 2.30. The number of benzene rings is 2. The minimum absolute atomic E-state index is 0.129. The van der Waals surface area contributed by atoms with Gasteiger partial charge < -0.3 is 19.7 Å². The second-order valence-corrected chi connectivity index (χ2v) is 8.44. The van der Waals surface area contributed by atoms with Gasteiger partial charge in [-0.05, 0) is 48.9 Å². The van der Waals surface area contributed by atoms with Gasteiger partial charge in [-0.2, -0.15) is 13.2 Å². The molecule has 4 aromatic rings. The van der Waals surface area contributed by atoms with Crippen LogP contribution in [0.5, 0.6) is 11.6 Å². The Hall–Kier alpha value is -3.96. The number of carbonyl (C=O) groups is 1. The van der Waals surface area contributed by atoms with E-state index in [0.717, 1.165) is 54.0 Å². The molecule has 37 heavy (non-hydrogen) atoms. The van der Waals surface area contributed by atoms with Crippen LogP contribution in [0.1, 0.15) is 16.8 Å². The SMILES string of the molecule is Cn1ccc2cc(Oc3ncnc4c3CCN(CCO)C4)ccc21.O=CNc1cccc(C(F)(F)F)c1. The number of aliphatic hydroxyl groups excluding tert-OH is 1. The number of nitrogens with zero attached hydrogens (tertiary/aromatic N) is 4. The number of ether oxygens (including phenoxy) is 1. The van der Waals surface area contributed by atoms with Gasteiger partial charge in [-0.25, -0.2) is 9.97 Å². The summed E-state index contributed by atoms with van der Waals surface area (Å²) in [5.74, 6) is 1.42. The Labute approximate surface area is 211 Å². The molecular weight excluding hydrogens is 487 g/mol. The zero-order valence-corrected chi connectivity index (χ0v) is 20.1. The maximum absolute atomic E-state index is 12.1. The third kappa shape index (κ3) is 6.43. The van der Waals surface area contributed by atoms with Crippen LogP contribution in [0.2, 0.25) is 0 Å². The van der Waals surface area contributed by atoms with E-state index >= 15 is 0 Å². The molecular formula is C26H26F3N5O3. The fourth-order valence-corrected chi connectivity index (χ4v) is 4.09. The van der Waals surface area contributed by atoms with Crippen LogP contribution in [-0.2, 0) is 31.0 Å². The number of aryl methyl sites for hydroxylation is 1. The van der Waals surface area contributed by atoms with E-state index in [1.807, 2.05) is 25.4 Å². The Morgan fingerprint density at radius 3 is 2.76 bits per heavy atom. The molecule has 0 saturated heterocycles. The first-order valence-electron chi connectivity index (χ1n) is 11.5. The van der Waals surface area contributed by atoms with E-state index in [-0.39, 0.29) is 12.3 Å². The van der Waals surface area contributed by atoms with Crippen LogP contribution < -0.4 is 10.1 Å². The molecule has 3 heterocycles. The highest BCUT2D eigenvalue weighted by Crippen LogP contribution is 2.31. The average molecular weight is 514 g/mol. The number of β-amino-alcohol motifs (C(OH)–C–C–N with tert-alkyl or cyclic N) is 1. The van der Waals surface area contributed by atoms with Gasteiger partial charge in [-0.3, -0.25) is 9.69 Å². The van der Waals surface area contributed by atoms with Gasteiger partial charge in [0, 0.05) is 55.0 Å². The summed E-state index contributed by atoms with van der Waals surface area (Å²) in [6, 6.07) is 12.6. The molecule has 5 rings (SSSR count). The fourth-order valence-electron chi connectivity index (χ4n) is 4.09. The predicted molar refractivity (Wildman–Crippen MR) is 132 cm³/mol. The monoisotopic (exact) mass is 513 g/mol. The van der Waals surface area contributed by atoms with Gasteiger partial charge in [0.25, 0.3) is 0 Å². The van der Waals surface area contributed by atoms with Crippen molar-refractivity contribution >= 4 is 23.0 Å². The summed E-state index contributed by atoms with van der Waals surface area (Å²) in [5.41, 5.74) is 2.58. The van der Waals surface area contributed by atoms with Gasteiger partial charge >= 0.3 is 6.18 Å². The van der Waals surface area contributed by atoms with E-state index in [4.69, 9.17) is 9.84 Å². The quantitative estimate of drug-likeness (QED) is 0.372. The van der Waals surface area contributed by atoms with Gasteiger partial charge in [-0.1, -0.05) is 6.07 Å². The molecule has 1 aliphatic rings. The van der Waals surface area contributed by atoms with Crippen LogP contribution in [0.4, 0.5) is 18.9 Å². The van der Waals surface area contributed by atoms with Gasteiger partial charge in [0.2, 0.25) is 12.3 Å². The molecule has 0 radical (unpaired) electrons. The van der Waals surface area contributed by atoms with Gasteiger partial charge in [0.05, 0.1) is 17.9 Å². The molecule has 0 bridgehead atoms. The zero-order chi connectivity index (χ0) is 26.4. The smallest absolute Gasteiger partial charge is 0.416 e. The molecule has 0 aliphatic carbocycles. The van der Waals surface area contributed by atoms with Crippen LogP contribution in [0.15, 0.2) is 61.1 Å². The lowest BCUT2D eigenvalue weighted by molar-refractivity contribution is -0.137. The topological polar surface area (TPSA) is 92.5 Å². The molecule has 11 heteroatoms. The van der Waals surface area contributed by atoms with Gasteiger partial charge in [-0.15, -0.1) is 0 Å². The third-order valence-corrected chi connectivity index (χ3v) is 5.95. The Morgan fingerprint density at radius 2 is 2.00 bits per heavy atom. The number of carbonyl (C=O) groups excluding carboxylic acids is 1. The number of aromatic nitrogens is 3. The standard InChI is InChI=1S/C18H20N4O2.C8H6F3NO/c1-21-6-4-13-10-14(2-3-17(13)21)24-18-15-5-7-22(8-9-23)11-16(15)19-12-20-18;9-8(10,11)6-2-1-3-7(4-6)12-5-13/h2-4,6,10,12,23H,5,7-9,11H2,1H3;1-5H,(H,12,13). The number of hydrogen-bond acceptors (Lipinski definition) is 6. The van der Waals surface area contributed by atoms with Crippen molar-refractivity contribution in [2.45, 2.75) is 19.1 Å². The molecule has 0 saturated carbocycles. The number of rotatable bonds is 6. The number of amides is 1. The lowest BCUT2D eigenvalue weighted by Crippen LogP contribution is -2.33. The summed E-state index contributed by atoms with van der Waals surface area (Å²) in [6.45, 7) is 2.45. The van der Waals surface area contributed by atoms with Gasteiger partial charge in [0.15, 0.2) is 0 Å². The van der Waals surface area contributed by atoms with Crippen LogP contribution in [-0.4, -0.2) is 50.6 Å². The highest BCUT2D eigenvalue weighted by molar-refractivity contribution is 5.81. The summed E-state index contributed by atoms with van der Waals surface area (Å²) in [6.07, 6.45) is 0.379. The van der Waals surface area contributed by atoms with Crippen molar-refractivity contribution in [1.82, 2.24) is 19.4 Å². The average Bonchev–Trinajstić information content (AvgIpc) is 3.24. The summed E-state index contributed by atoms with van der Waals surface area (Å²) < 4.78 is 44.4. The van der Waals surface area contributed by atoms with E-state index in [1.165, 1.54) is 17.6 Å². The van der Waals surface area contributed by atoms with Crippen LogP contribution in [0.25, 0.3) is 10.9 Å². The number of anilines is 1. The molecule has 2 N–H and O–H groups in total. The minimum Gasteiger partial charge on any atom is -0.439 e. The summed E-state index contributed by atoms with van der Waals surface area (Å²) in [7, 11) is 2.03. The van der Waals surface area contributed by atoms with Crippen LogP contribution in [0.3, 0.4) is 0 Å². The molecule has 0 atom stereocenters. The van der Waals surface area contributed by atoms with E-state index in [9.17, 15) is 18.0 Å². The number of hydrogen-bond donors (Lipinski definition) is 2. The van der Waals surface area contributed by atoms with E-state index in [0.29, 0.717) is 18.8 Å². The molecule has 0 unspecified atom stereocenters. The summed E-state index contributed by atoms with van der Waals surface area (Å²) in [4.78, 5) is 20.9. The van der Waals surface area contributed by atoms with Crippen LogP contribution in [0, 0.1) is 0 Å². The summed E-state index contributed by atoms with van der Waals surface area (Å²) in [5, 5.41) is 12.4. The van der Waals surface area contributed by atoms with E-state index in [2.05, 4.69) is 36.9 Å². The first-order valence-corrected chi connectivity index (χ1v) is 11.5. The molecule has 2 aromatic heterocycles. The molecule has 194 valence electrons. The zero-order valence-electron chi connectivity index (χ0n) is 20.1. The normalized spacial score (nSPS) is 13.4. The maximum atomic E-state index is 12.1. The minimum atomic E-state index is -4.37. The second-order valence-electron chi connectivity index (χ2n) is 8.44. The Bertz CT molecular complexity index is 1370. The van der Waals surface area contributed by atoms with Crippen molar-refractivity contribution in [2.75, 3.05) is 25.0 Å². The van der Waals surface area contributed by atoms with E-state index < -0.39 is 11.7 Å². The van der Waals surface area contributed by atoms with Crippen molar-refractivity contribution in [3.63, 3.8) is 0 Å². The predicted octanol–water partition coefficient (Wildman–Crippen LogP) is 4.38. The van der Waals surface area contributed by atoms with Crippen molar-refractivity contribution in [3.8, 4) is 11.6 Å². The molecule has 0 fully saturated rings. The lowest BCUT2D eigenvalue weighted by atomic mass is 10.1. The Morgan fingerprint density at radius 1 is 1.16 bits per heavy atom. The molecule has 8 nitrogen and oxygen atoms in total. The largest absolute Gasteiger partial charge is 0.439 e. The van der Waals surface area contributed by atoms with E-state index in [1.54, 1.807) is 6.33 Å². The fraction of sp³-hybridized carbons (Fsp3) is 0.269.